The summed E-state index contributed by atoms with van der Waals surface area (Å²) >= 11 is 0. The van der Waals surface area contributed by atoms with Gasteiger partial charge < -0.3 is 19.9 Å². The molecule has 1 saturated heterocycles. The minimum atomic E-state index is -1.22. The molecule has 2 N–H and O–H groups in total. The zero-order chi connectivity index (χ0) is 28.5. The number of aromatic nitrogens is 8. The molecule has 13 nitrogen and oxygen atoms in total. The molecule has 1 unspecified atom stereocenters. The van der Waals surface area contributed by atoms with Crippen LogP contribution in [-0.2, 0) is 27.1 Å². The Bertz CT molecular complexity index is 1740. The fourth-order valence-corrected chi connectivity index (χ4v) is 5.21. The number of hydrogen-bond donors (Lipinski definition) is 2. The van der Waals surface area contributed by atoms with Gasteiger partial charge in [-0.3, -0.25) is 9.48 Å². The lowest BCUT2D eigenvalue weighted by molar-refractivity contribution is -0.126. The van der Waals surface area contributed by atoms with E-state index in [1.165, 1.54) is 4.09 Å². The quantitative estimate of drug-likeness (QED) is 0.257. The number of amides is 1. The van der Waals surface area contributed by atoms with Gasteiger partial charge in [-0.25, -0.2) is 19.2 Å². The molecule has 1 aliphatic heterocycles. The molecule has 1 aliphatic rings. The fraction of sp³-hybridized carbons (Fsp3) is 0.333. The first kappa shape index (κ1) is 26.8. The number of pyridine rings is 1. The van der Waals surface area contributed by atoms with Gasteiger partial charge >= 0.3 is 0 Å². The summed E-state index contributed by atoms with van der Waals surface area (Å²) in [5, 5.41) is 15.8. The molecule has 1 atom stereocenters. The minimum Gasteiger partial charge on any atom is -0.377 e. The maximum absolute atomic E-state index is 12.3. The predicted octanol–water partition coefficient (Wildman–Crippen LogP) is 2.92. The number of fused-ring (bicyclic) bond motifs is 1. The molecule has 212 valence electrons. The lowest BCUT2D eigenvalue weighted by Gasteiger charge is -2.26. The molecule has 5 aromatic heterocycles. The topological polar surface area (TPSA) is 147 Å². The Kier molecular flexibility index (Phi) is 7.32. The van der Waals surface area contributed by atoms with Crippen LogP contribution in [0.5, 0.6) is 0 Å². The largest absolute Gasteiger partial charge is 0.377 e. The predicted molar refractivity (Wildman–Crippen MR) is 155 cm³/mol. The number of nitrogens with zero attached hydrogens (tertiary/aromatic N) is 8. The minimum absolute atomic E-state index is 0.0843. The van der Waals surface area contributed by atoms with Gasteiger partial charge in [0.25, 0.3) is 0 Å². The molecular formula is C27H30N10O3S. The Labute approximate surface area is 238 Å². The van der Waals surface area contributed by atoms with Crippen LogP contribution in [0.25, 0.3) is 33.4 Å². The normalized spacial score (nSPS) is 14.3. The molecule has 0 aliphatic carbocycles. The third-order valence-electron chi connectivity index (χ3n) is 6.71. The highest BCUT2D eigenvalue weighted by atomic mass is 32.2. The van der Waals surface area contributed by atoms with Crippen molar-refractivity contribution >= 4 is 39.4 Å². The Morgan fingerprint density at radius 3 is 2.68 bits per heavy atom. The van der Waals surface area contributed by atoms with E-state index in [1.54, 1.807) is 35.5 Å². The number of ether oxygens (including phenoxy) is 1. The van der Waals surface area contributed by atoms with E-state index in [0.29, 0.717) is 42.0 Å². The van der Waals surface area contributed by atoms with Crippen molar-refractivity contribution in [2.24, 2.45) is 0 Å². The van der Waals surface area contributed by atoms with Crippen molar-refractivity contribution in [1.82, 2.24) is 43.8 Å². The zero-order valence-electron chi connectivity index (χ0n) is 22.9. The highest BCUT2D eigenvalue weighted by Crippen LogP contribution is 2.33. The van der Waals surface area contributed by atoms with Gasteiger partial charge in [0.15, 0.2) is 5.82 Å². The summed E-state index contributed by atoms with van der Waals surface area (Å²) in [7, 11) is -1.22. The maximum atomic E-state index is 12.3. The van der Waals surface area contributed by atoms with Crippen LogP contribution >= 0.6 is 0 Å². The molecule has 0 radical (unpaired) electrons. The van der Waals surface area contributed by atoms with Crippen molar-refractivity contribution < 1.29 is 13.7 Å². The van der Waals surface area contributed by atoms with Crippen LogP contribution < -0.4 is 10.6 Å². The van der Waals surface area contributed by atoms with Gasteiger partial charge in [-0.05, 0) is 19.9 Å². The van der Waals surface area contributed by atoms with Gasteiger partial charge in [-0.1, -0.05) is 6.92 Å². The number of carbonyl (C=O) groups excluding carboxylic acids is 1. The second-order valence-corrected chi connectivity index (χ2v) is 11.6. The van der Waals surface area contributed by atoms with Gasteiger partial charge in [0, 0.05) is 59.2 Å². The molecule has 0 spiro atoms. The summed E-state index contributed by atoms with van der Waals surface area (Å²) in [4.78, 5) is 25.9. The Balaban J connectivity index is 1.24. The molecule has 0 saturated carbocycles. The summed E-state index contributed by atoms with van der Waals surface area (Å²) in [6, 6.07) is 4.03. The van der Waals surface area contributed by atoms with Crippen LogP contribution in [0.1, 0.15) is 26.8 Å². The third kappa shape index (κ3) is 5.60. The summed E-state index contributed by atoms with van der Waals surface area (Å²) in [5.41, 5.74) is 3.56. The average Bonchev–Trinajstić information content (AvgIpc) is 3.69. The molecule has 6 rings (SSSR count). The van der Waals surface area contributed by atoms with E-state index >= 15 is 0 Å². The second-order valence-electron chi connectivity index (χ2n) is 9.99. The van der Waals surface area contributed by atoms with E-state index in [2.05, 4.69) is 60.4 Å². The van der Waals surface area contributed by atoms with Crippen LogP contribution in [0, 0.1) is 0 Å². The number of anilines is 2. The summed E-state index contributed by atoms with van der Waals surface area (Å²) in [6.45, 7) is 7.34. The van der Waals surface area contributed by atoms with E-state index in [0.717, 1.165) is 22.0 Å². The molecule has 41 heavy (non-hydrogen) atoms. The van der Waals surface area contributed by atoms with Crippen LogP contribution in [0.4, 0.5) is 11.6 Å². The third-order valence-corrected chi connectivity index (χ3v) is 7.82. The number of rotatable bonds is 10. The molecular weight excluding hydrogens is 544 g/mol. The molecule has 0 aromatic carbocycles. The average molecular weight is 575 g/mol. The van der Waals surface area contributed by atoms with Crippen molar-refractivity contribution in [3.8, 4) is 22.5 Å². The Hall–Kier alpha value is -4.43. The molecule has 14 heteroatoms. The van der Waals surface area contributed by atoms with E-state index in [4.69, 9.17) is 4.74 Å². The van der Waals surface area contributed by atoms with E-state index in [-0.39, 0.29) is 24.5 Å². The molecule has 0 bridgehead atoms. The molecule has 5 aromatic rings. The summed E-state index contributed by atoms with van der Waals surface area (Å²) in [6.07, 6.45) is 12.5. The summed E-state index contributed by atoms with van der Waals surface area (Å²) in [5.74, 6) is 2.04. The van der Waals surface area contributed by atoms with Crippen molar-refractivity contribution in [3.05, 3.63) is 55.5 Å². The zero-order valence-corrected chi connectivity index (χ0v) is 23.7. The number of nitrogens with one attached hydrogen (secondary N) is 2. The number of hydrogen-bond acceptors (Lipinski definition) is 9. The van der Waals surface area contributed by atoms with Gasteiger partial charge in [0.1, 0.15) is 29.2 Å². The highest BCUT2D eigenvalue weighted by Gasteiger charge is 2.21. The first-order valence-corrected chi connectivity index (χ1v) is 14.6. The van der Waals surface area contributed by atoms with E-state index in [9.17, 15) is 9.00 Å². The molecule has 1 fully saturated rings. The van der Waals surface area contributed by atoms with Gasteiger partial charge in [0.2, 0.25) is 5.91 Å². The highest BCUT2D eigenvalue weighted by molar-refractivity contribution is 7.83. The van der Waals surface area contributed by atoms with Crippen molar-refractivity contribution in [2.45, 2.75) is 39.4 Å². The van der Waals surface area contributed by atoms with Crippen molar-refractivity contribution in [1.29, 1.82) is 0 Å². The van der Waals surface area contributed by atoms with E-state index in [1.807, 2.05) is 25.4 Å². The first-order chi connectivity index (χ1) is 19.9. The lowest BCUT2D eigenvalue weighted by Crippen LogP contribution is -2.49. The van der Waals surface area contributed by atoms with Crippen LogP contribution in [-0.4, -0.2) is 73.6 Å². The van der Waals surface area contributed by atoms with Crippen LogP contribution in [0.15, 0.2) is 55.5 Å². The SMILES string of the molecule is CCS(=O)n1cc(-c2nccc(Nc3cc4c(cn3)c(-c3cnn(CC(=O)NC5COC5)c3)cn4C(C)C)n2)cn1. The standard InChI is InChI=1S/C27H30N10O3S/c1-4-41(39)37-12-19(9-31-37)27-28-6-5-24(34-27)33-25-7-23-21(10-29-25)22(13-36(23)17(2)3)18-8-30-35(11-18)14-26(38)32-20-15-40-16-20/h5-13,17,20H,4,14-16H2,1-3H3,(H,32,38)(H,28,29,33,34). The van der Waals surface area contributed by atoms with Gasteiger partial charge in [-0.2, -0.15) is 14.3 Å². The Morgan fingerprint density at radius 1 is 1.10 bits per heavy atom. The first-order valence-electron chi connectivity index (χ1n) is 13.3. The van der Waals surface area contributed by atoms with E-state index < -0.39 is 11.0 Å². The van der Waals surface area contributed by atoms with Gasteiger partial charge in [-0.15, -0.1) is 0 Å². The fourth-order valence-electron chi connectivity index (χ4n) is 4.56. The monoisotopic (exact) mass is 574 g/mol. The molecule has 6 heterocycles. The number of carbonyl (C=O) groups is 1. The van der Waals surface area contributed by atoms with Gasteiger partial charge in [0.05, 0.1) is 48.9 Å². The second kappa shape index (κ2) is 11.2. The van der Waals surface area contributed by atoms with Crippen molar-refractivity contribution in [3.63, 3.8) is 0 Å². The lowest BCUT2D eigenvalue weighted by atomic mass is 10.1. The Morgan fingerprint density at radius 2 is 1.93 bits per heavy atom. The van der Waals surface area contributed by atoms with Crippen LogP contribution in [0.3, 0.4) is 0 Å². The summed E-state index contributed by atoms with van der Waals surface area (Å²) < 4.78 is 22.4. The maximum Gasteiger partial charge on any atom is 0.242 e. The smallest absolute Gasteiger partial charge is 0.242 e. The van der Waals surface area contributed by atoms with Crippen molar-refractivity contribution in [2.75, 3.05) is 24.3 Å². The molecule has 1 amide bonds. The van der Waals surface area contributed by atoms with Crippen LogP contribution in [0.2, 0.25) is 0 Å².